The summed E-state index contributed by atoms with van der Waals surface area (Å²) in [6.45, 7) is 4.09. The van der Waals surface area contributed by atoms with Crippen molar-refractivity contribution in [3.05, 3.63) is 30.2 Å². The van der Waals surface area contributed by atoms with Gasteiger partial charge in [-0.25, -0.2) is 9.97 Å². The largest absolute Gasteiger partial charge is 0.298 e. The van der Waals surface area contributed by atoms with E-state index in [0.717, 1.165) is 5.69 Å². The van der Waals surface area contributed by atoms with Crippen molar-refractivity contribution in [3.8, 4) is 0 Å². The van der Waals surface area contributed by atoms with Crippen LogP contribution in [-0.4, -0.2) is 14.4 Å². The van der Waals surface area contributed by atoms with Crippen molar-refractivity contribution in [3.63, 3.8) is 0 Å². The summed E-state index contributed by atoms with van der Waals surface area (Å²) in [6, 6.07) is 0. The van der Waals surface area contributed by atoms with Crippen LogP contribution < -0.4 is 0 Å². The molecule has 2 aromatic rings. The Balaban J connectivity index is 2.75. The van der Waals surface area contributed by atoms with Gasteiger partial charge in [-0.1, -0.05) is 13.8 Å². The zero-order valence-corrected chi connectivity index (χ0v) is 7.53. The third-order valence-electron chi connectivity index (χ3n) is 2.01. The van der Waals surface area contributed by atoms with Crippen LogP contribution >= 0.6 is 0 Å². The van der Waals surface area contributed by atoms with Gasteiger partial charge in [0.2, 0.25) is 0 Å². The minimum absolute atomic E-state index is 0.297. The van der Waals surface area contributed by atoms with E-state index in [2.05, 4.69) is 9.97 Å². The highest BCUT2D eigenvalue weighted by Gasteiger charge is 2.09. The molecule has 2 rings (SSSR count). The Morgan fingerprint density at radius 2 is 2.15 bits per heavy atom. The fraction of sp³-hybridized carbons (Fsp3) is 0.333. The number of imidazole rings is 1. The van der Waals surface area contributed by atoms with E-state index < -0.39 is 5.95 Å². The summed E-state index contributed by atoms with van der Waals surface area (Å²) in [5.41, 5.74) is 1.29. The van der Waals surface area contributed by atoms with Crippen molar-refractivity contribution < 1.29 is 4.39 Å². The number of aromatic nitrogens is 3. The molecule has 0 bridgehead atoms. The number of nitrogens with zero attached hydrogens (tertiary/aromatic N) is 3. The van der Waals surface area contributed by atoms with Gasteiger partial charge in [0.25, 0.3) is 5.95 Å². The molecule has 0 spiro atoms. The number of fused-ring (bicyclic) bond motifs is 1. The molecule has 0 N–H and O–H groups in total. The average Bonchev–Trinajstić information content (AvgIpc) is 2.48. The maximum atomic E-state index is 13.1. The first-order valence-corrected chi connectivity index (χ1v) is 4.17. The first-order chi connectivity index (χ1) is 6.20. The van der Waals surface area contributed by atoms with Crippen molar-refractivity contribution in [1.29, 1.82) is 0 Å². The molecule has 4 heteroatoms. The van der Waals surface area contributed by atoms with E-state index in [4.69, 9.17) is 0 Å². The molecule has 2 heterocycles. The second-order valence-corrected chi connectivity index (χ2v) is 3.25. The van der Waals surface area contributed by atoms with Crippen LogP contribution in [-0.2, 0) is 0 Å². The molecule has 3 nitrogen and oxygen atoms in total. The summed E-state index contributed by atoms with van der Waals surface area (Å²) in [4.78, 5) is 7.49. The number of halogens is 1. The first kappa shape index (κ1) is 8.16. The Bertz CT molecular complexity index is 433. The molecule has 0 saturated heterocycles. The SMILES string of the molecule is CC(C)c1cnc2c(F)nccn12. The molecule has 0 aromatic carbocycles. The van der Waals surface area contributed by atoms with Gasteiger partial charge in [-0.3, -0.25) is 4.40 Å². The monoisotopic (exact) mass is 179 g/mol. The quantitative estimate of drug-likeness (QED) is 0.670. The predicted molar refractivity (Wildman–Crippen MR) is 47.0 cm³/mol. The molecule has 0 saturated carbocycles. The van der Waals surface area contributed by atoms with Crippen molar-refractivity contribution in [2.75, 3.05) is 0 Å². The third kappa shape index (κ3) is 1.18. The lowest BCUT2D eigenvalue weighted by atomic mass is 10.1. The summed E-state index contributed by atoms with van der Waals surface area (Å²) in [5, 5.41) is 0. The fourth-order valence-electron chi connectivity index (χ4n) is 1.33. The summed E-state index contributed by atoms with van der Waals surface area (Å²) >= 11 is 0. The van der Waals surface area contributed by atoms with Crippen LogP contribution in [0.15, 0.2) is 18.6 Å². The van der Waals surface area contributed by atoms with E-state index in [1.165, 1.54) is 6.20 Å². The van der Waals surface area contributed by atoms with Crippen LogP contribution in [0, 0.1) is 5.95 Å². The van der Waals surface area contributed by atoms with Gasteiger partial charge in [0, 0.05) is 24.3 Å². The summed E-state index contributed by atoms with van der Waals surface area (Å²) in [7, 11) is 0. The van der Waals surface area contributed by atoms with Crippen LogP contribution in [0.2, 0.25) is 0 Å². The topological polar surface area (TPSA) is 30.2 Å². The van der Waals surface area contributed by atoms with Crippen molar-refractivity contribution in [1.82, 2.24) is 14.4 Å². The van der Waals surface area contributed by atoms with Crippen molar-refractivity contribution >= 4 is 5.65 Å². The highest BCUT2D eigenvalue weighted by molar-refractivity contribution is 5.39. The summed E-state index contributed by atoms with van der Waals surface area (Å²) in [5.74, 6) is -0.189. The predicted octanol–water partition coefficient (Wildman–Crippen LogP) is 1.99. The molecule has 2 aromatic heterocycles. The second-order valence-electron chi connectivity index (χ2n) is 3.25. The van der Waals surface area contributed by atoms with E-state index in [9.17, 15) is 4.39 Å². The summed E-state index contributed by atoms with van der Waals surface area (Å²) in [6.07, 6.45) is 4.85. The lowest BCUT2D eigenvalue weighted by molar-refractivity contribution is 0.584. The third-order valence-corrected chi connectivity index (χ3v) is 2.01. The number of hydrogen-bond donors (Lipinski definition) is 0. The van der Waals surface area contributed by atoms with Gasteiger partial charge in [0.15, 0.2) is 5.65 Å². The molecular weight excluding hydrogens is 169 g/mol. The second kappa shape index (κ2) is 2.80. The number of hydrogen-bond acceptors (Lipinski definition) is 2. The van der Waals surface area contributed by atoms with Gasteiger partial charge < -0.3 is 0 Å². The average molecular weight is 179 g/mol. The molecule has 0 aliphatic heterocycles. The molecule has 13 heavy (non-hydrogen) atoms. The molecule has 0 atom stereocenters. The normalized spacial score (nSPS) is 11.4. The summed E-state index contributed by atoms with van der Waals surface area (Å²) < 4.78 is 14.8. The lowest BCUT2D eigenvalue weighted by Gasteiger charge is -2.03. The highest BCUT2D eigenvalue weighted by atomic mass is 19.1. The molecular formula is C9H10FN3. The van der Waals surface area contributed by atoms with Gasteiger partial charge in [-0.2, -0.15) is 4.39 Å². The van der Waals surface area contributed by atoms with E-state index in [0.29, 0.717) is 11.6 Å². The van der Waals surface area contributed by atoms with E-state index in [1.54, 1.807) is 16.8 Å². The van der Waals surface area contributed by atoms with E-state index >= 15 is 0 Å². The molecule has 68 valence electrons. The van der Waals surface area contributed by atoms with Crippen LogP contribution in [0.4, 0.5) is 4.39 Å². The van der Waals surface area contributed by atoms with Gasteiger partial charge in [-0.05, 0) is 5.92 Å². The van der Waals surface area contributed by atoms with Gasteiger partial charge >= 0.3 is 0 Å². The Morgan fingerprint density at radius 1 is 1.38 bits per heavy atom. The molecule has 0 unspecified atom stereocenters. The molecule has 0 radical (unpaired) electrons. The van der Waals surface area contributed by atoms with Gasteiger partial charge in [0.1, 0.15) is 0 Å². The maximum absolute atomic E-state index is 13.1. The Morgan fingerprint density at radius 3 is 2.85 bits per heavy atom. The molecule has 0 amide bonds. The van der Waals surface area contributed by atoms with Crippen LogP contribution in [0.3, 0.4) is 0 Å². The van der Waals surface area contributed by atoms with Crippen LogP contribution in [0.5, 0.6) is 0 Å². The Labute approximate surface area is 75.2 Å². The first-order valence-electron chi connectivity index (χ1n) is 4.17. The highest BCUT2D eigenvalue weighted by Crippen LogP contribution is 2.16. The lowest BCUT2D eigenvalue weighted by Crippen LogP contribution is -1.97. The Hall–Kier alpha value is -1.45. The smallest absolute Gasteiger partial charge is 0.256 e. The van der Waals surface area contributed by atoms with Gasteiger partial charge in [-0.15, -0.1) is 0 Å². The minimum Gasteiger partial charge on any atom is -0.298 e. The molecule has 0 fully saturated rings. The number of rotatable bonds is 1. The van der Waals surface area contributed by atoms with E-state index in [-0.39, 0.29) is 0 Å². The van der Waals surface area contributed by atoms with Crippen LogP contribution in [0.1, 0.15) is 25.5 Å². The fourth-order valence-corrected chi connectivity index (χ4v) is 1.33. The maximum Gasteiger partial charge on any atom is 0.256 e. The van der Waals surface area contributed by atoms with Gasteiger partial charge in [0.05, 0.1) is 0 Å². The van der Waals surface area contributed by atoms with Crippen molar-refractivity contribution in [2.24, 2.45) is 0 Å². The van der Waals surface area contributed by atoms with E-state index in [1.807, 2.05) is 13.8 Å². The zero-order valence-electron chi connectivity index (χ0n) is 7.53. The standard InChI is InChI=1S/C9H10FN3/c1-6(2)7-5-12-9-8(10)11-3-4-13(7)9/h3-6H,1-2H3. The van der Waals surface area contributed by atoms with Crippen molar-refractivity contribution in [2.45, 2.75) is 19.8 Å². The zero-order chi connectivity index (χ0) is 9.42. The minimum atomic E-state index is -0.519. The molecule has 0 aliphatic rings. The Kier molecular flexibility index (Phi) is 1.76. The molecule has 0 aliphatic carbocycles. The van der Waals surface area contributed by atoms with Crippen LogP contribution in [0.25, 0.3) is 5.65 Å².